The van der Waals surface area contributed by atoms with Crippen LogP contribution in [0.5, 0.6) is 0 Å². The Balaban J connectivity index is 3.91. The first-order valence-corrected chi connectivity index (χ1v) is 8.37. The smallest absolute Gasteiger partial charge is 0.0903 e. The predicted octanol–water partition coefficient (Wildman–Crippen LogP) is 4.30. The second kappa shape index (κ2) is 6.79. The maximum absolute atomic E-state index is 2.36. The number of rotatable bonds is 7. The first-order chi connectivity index (χ1) is 8.71. The largest absolute Gasteiger partial charge is 0.324 e. The van der Waals surface area contributed by atoms with Gasteiger partial charge in [0.2, 0.25) is 0 Å². The molecule has 0 rings (SSSR count). The summed E-state index contributed by atoms with van der Waals surface area (Å²) in [4.78, 5) is 0. The molecular weight excluding hydrogens is 244 g/mol. The van der Waals surface area contributed by atoms with Crippen molar-refractivity contribution in [1.82, 2.24) is 0 Å². The maximum atomic E-state index is 2.36. The molecule has 0 atom stereocenters. The predicted molar refractivity (Wildman–Crippen MR) is 91.9 cm³/mol. The van der Waals surface area contributed by atoms with E-state index in [1.807, 2.05) is 0 Å². The normalized spacial score (nSPS) is 14.7. The molecule has 0 radical (unpaired) electrons. The average Bonchev–Trinajstić information content (AvgIpc) is 2.19. The fourth-order valence-electron chi connectivity index (χ4n) is 2.04. The van der Waals surface area contributed by atoms with Gasteiger partial charge in [-0.25, -0.2) is 0 Å². The Morgan fingerprint density at radius 1 is 0.500 bits per heavy atom. The molecule has 20 heavy (non-hydrogen) atoms. The Morgan fingerprint density at radius 2 is 0.750 bits per heavy atom. The van der Waals surface area contributed by atoms with Gasteiger partial charge in [-0.1, -0.05) is 0 Å². The van der Waals surface area contributed by atoms with Crippen LogP contribution >= 0.6 is 0 Å². The number of unbranched alkanes of at least 4 members (excludes halogenated alkanes) is 3. The molecule has 0 saturated carbocycles. The summed E-state index contributed by atoms with van der Waals surface area (Å²) in [5, 5.41) is 0. The molecule has 0 amide bonds. The lowest BCUT2D eigenvalue weighted by molar-refractivity contribution is -0.936. The van der Waals surface area contributed by atoms with Crippen LogP contribution in [0, 0.1) is 0 Å². The van der Waals surface area contributed by atoms with E-state index in [0.717, 1.165) is 8.97 Å². The van der Waals surface area contributed by atoms with E-state index < -0.39 is 0 Å². The molecule has 0 unspecified atom stereocenters. The zero-order valence-electron chi connectivity index (χ0n) is 16.1. The van der Waals surface area contributed by atoms with Gasteiger partial charge < -0.3 is 8.97 Å². The molecule has 0 saturated heterocycles. The van der Waals surface area contributed by atoms with Crippen LogP contribution in [0.15, 0.2) is 0 Å². The van der Waals surface area contributed by atoms with Gasteiger partial charge in [0.1, 0.15) is 0 Å². The highest BCUT2D eigenvalue weighted by atomic mass is 15.4. The summed E-state index contributed by atoms with van der Waals surface area (Å²) in [5.41, 5.74) is 0.705. The fraction of sp³-hybridized carbons (Fsp3) is 1.00. The van der Waals surface area contributed by atoms with Crippen LogP contribution in [-0.4, -0.2) is 61.3 Å². The first-order valence-electron chi connectivity index (χ1n) is 8.37. The van der Waals surface area contributed by atoms with Crippen molar-refractivity contribution in [3.05, 3.63) is 0 Å². The SMILES string of the molecule is CC(C)(C)[N+](C)(C)CCCCCC[N+](C)(C)C(C)(C)C. The molecule has 0 heterocycles. The van der Waals surface area contributed by atoms with Gasteiger partial charge in [-0.05, 0) is 67.2 Å². The molecule has 0 aromatic heterocycles. The highest BCUT2D eigenvalue weighted by Crippen LogP contribution is 2.22. The summed E-state index contributed by atoms with van der Waals surface area (Å²) in [6.45, 7) is 16.6. The summed E-state index contributed by atoms with van der Waals surface area (Å²) >= 11 is 0. The highest BCUT2D eigenvalue weighted by Gasteiger charge is 2.31. The van der Waals surface area contributed by atoms with Crippen molar-refractivity contribution in [3.8, 4) is 0 Å². The van der Waals surface area contributed by atoms with Gasteiger partial charge in [0, 0.05) is 0 Å². The van der Waals surface area contributed by atoms with Crippen LogP contribution in [0.4, 0.5) is 0 Å². The molecule has 0 aromatic carbocycles. The zero-order valence-corrected chi connectivity index (χ0v) is 16.1. The number of nitrogens with zero attached hydrogens (tertiary/aromatic N) is 2. The van der Waals surface area contributed by atoms with Crippen LogP contribution in [0.25, 0.3) is 0 Å². The van der Waals surface area contributed by atoms with E-state index in [1.165, 1.54) is 38.8 Å². The maximum Gasteiger partial charge on any atom is 0.0903 e. The summed E-state index contributed by atoms with van der Waals surface area (Å²) in [7, 11) is 9.44. The summed E-state index contributed by atoms with van der Waals surface area (Å²) in [5.74, 6) is 0. The Labute approximate surface area is 129 Å². The molecule has 0 aliphatic carbocycles. The quantitative estimate of drug-likeness (QED) is 0.483. The minimum absolute atomic E-state index is 0.352. The van der Waals surface area contributed by atoms with Gasteiger partial charge >= 0.3 is 0 Å². The van der Waals surface area contributed by atoms with Crippen LogP contribution in [0.3, 0.4) is 0 Å². The van der Waals surface area contributed by atoms with E-state index in [-0.39, 0.29) is 0 Å². The van der Waals surface area contributed by atoms with Crippen LogP contribution in [-0.2, 0) is 0 Å². The Bertz CT molecular complexity index is 247. The fourth-order valence-corrected chi connectivity index (χ4v) is 2.04. The lowest BCUT2D eigenvalue weighted by Crippen LogP contribution is -2.54. The van der Waals surface area contributed by atoms with Gasteiger partial charge in [-0.3, -0.25) is 0 Å². The van der Waals surface area contributed by atoms with E-state index in [2.05, 4.69) is 69.7 Å². The minimum atomic E-state index is 0.352. The van der Waals surface area contributed by atoms with Crippen molar-refractivity contribution in [1.29, 1.82) is 0 Å². The number of quaternary nitrogens is 2. The molecule has 0 N–H and O–H groups in total. The minimum Gasteiger partial charge on any atom is -0.324 e. The highest BCUT2D eigenvalue weighted by molar-refractivity contribution is 4.62. The Kier molecular flexibility index (Phi) is 6.76. The van der Waals surface area contributed by atoms with Crippen molar-refractivity contribution in [3.63, 3.8) is 0 Å². The lowest BCUT2D eigenvalue weighted by Gasteiger charge is -2.43. The van der Waals surface area contributed by atoms with E-state index >= 15 is 0 Å². The molecule has 0 aromatic rings. The molecule has 2 nitrogen and oxygen atoms in total. The molecule has 2 heteroatoms. The van der Waals surface area contributed by atoms with Crippen molar-refractivity contribution in [2.24, 2.45) is 0 Å². The summed E-state index contributed by atoms with van der Waals surface area (Å²) < 4.78 is 2.24. The van der Waals surface area contributed by atoms with Gasteiger partial charge in [0.05, 0.1) is 52.4 Å². The molecule has 0 aliphatic rings. The third-order valence-electron chi connectivity index (χ3n) is 5.82. The van der Waals surface area contributed by atoms with E-state index in [9.17, 15) is 0 Å². The van der Waals surface area contributed by atoms with Crippen LogP contribution < -0.4 is 0 Å². The van der Waals surface area contributed by atoms with Crippen molar-refractivity contribution >= 4 is 0 Å². The molecule has 122 valence electrons. The van der Waals surface area contributed by atoms with Gasteiger partial charge in [0.15, 0.2) is 0 Å². The average molecular weight is 287 g/mol. The van der Waals surface area contributed by atoms with Crippen molar-refractivity contribution in [2.75, 3.05) is 41.3 Å². The van der Waals surface area contributed by atoms with E-state index in [4.69, 9.17) is 0 Å². The van der Waals surface area contributed by atoms with E-state index in [1.54, 1.807) is 0 Å². The Hall–Kier alpha value is -0.0800. The number of hydrogen-bond acceptors (Lipinski definition) is 0. The van der Waals surface area contributed by atoms with Gasteiger partial charge in [0.25, 0.3) is 0 Å². The third kappa shape index (κ3) is 6.13. The van der Waals surface area contributed by atoms with Gasteiger partial charge in [-0.2, -0.15) is 0 Å². The monoisotopic (exact) mass is 286 g/mol. The van der Waals surface area contributed by atoms with Crippen LogP contribution in [0.1, 0.15) is 67.2 Å². The number of hydrogen-bond donors (Lipinski definition) is 0. The van der Waals surface area contributed by atoms with Crippen molar-refractivity contribution < 1.29 is 8.97 Å². The molecular formula is C18H42N2+2. The molecule has 0 spiro atoms. The second-order valence-electron chi connectivity index (χ2n) is 9.57. The molecule has 0 bridgehead atoms. The first kappa shape index (κ1) is 19.9. The lowest BCUT2D eigenvalue weighted by atomic mass is 10.0. The molecule has 0 aliphatic heterocycles. The second-order valence-corrected chi connectivity index (χ2v) is 9.57. The standard InChI is InChI=1S/C18H42N2/c1-17(2,3)19(7,8)15-13-11-12-14-16-20(9,10)18(4,5)6/h11-16H2,1-10H3/q+2. The van der Waals surface area contributed by atoms with Crippen molar-refractivity contribution in [2.45, 2.75) is 78.3 Å². The van der Waals surface area contributed by atoms with Crippen LogP contribution in [0.2, 0.25) is 0 Å². The third-order valence-corrected chi connectivity index (χ3v) is 5.82. The summed E-state index contributed by atoms with van der Waals surface area (Å²) in [6, 6.07) is 0. The Morgan fingerprint density at radius 3 is 0.950 bits per heavy atom. The van der Waals surface area contributed by atoms with E-state index in [0.29, 0.717) is 11.1 Å². The summed E-state index contributed by atoms with van der Waals surface area (Å²) in [6.07, 6.45) is 5.46. The zero-order chi connectivity index (χ0) is 16.2. The topological polar surface area (TPSA) is 0 Å². The molecule has 0 fully saturated rings. The van der Waals surface area contributed by atoms with Gasteiger partial charge in [-0.15, -0.1) is 0 Å².